The van der Waals surface area contributed by atoms with Crippen molar-refractivity contribution >= 4 is 0 Å². The Balaban J connectivity index is 1.93. The van der Waals surface area contributed by atoms with Gasteiger partial charge < -0.3 is 9.84 Å². The number of benzene rings is 2. The number of fused-ring (bicyclic) bond motifs is 1. The molecule has 1 heterocycles. The molecule has 19 heavy (non-hydrogen) atoms. The zero-order valence-electron chi connectivity index (χ0n) is 10.6. The van der Waals surface area contributed by atoms with Gasteiger partial charge in [0, 0.05) is 5.56 Å². The Bertz CT molecular complexity index is 609. The highest BCUT2D eigenvalue weighted by molar-refractivity contribution is 5.41. The summed E-state index contributed by atoms with van der Waals surface area (Å²) in [4.78, 5) is 0. The molecule has 1 N–H and O–H groups in total. The van der Waals surface area contributed by atoms with Crippen LogP contribution in [-0.4, -0.2) is 11.7 Å². The summed E-state index contributed by atoms with van der Waals surface area (Å²) in [6.45, 7) is 2.13. The van der Waals surface area contributed by atoms with E-state index in [0.717, 1.165) is 11.3 Å². The predicted molar refractivity (Wildman–Crippen MR) is 70.8 cm³/mol. The van der Waals surface area contributed by atoms with Crippen molar-refractivity contribution in [2.45, 2.75) is 18.9 Å². The second kappa shape index (κ2) is 4.67. The van der Waals surface area contributed by atoms with Gasteiger partial charge in [-0.15, -0.1) is 0 Å². The largest absolute Gasteiger partial charge is 0.493 e. The maximum atomic E-state index is 13.6. The van der Waals surface area contributed by atoms with Crippen molar-refractivity contribution in [3.63, 3.8) is 0 Å². The number of aliphatic hydroxyl groups is 1. The SMILES string of the molecule is Cc1ccc(C(O)C2COc3ccccc32)cc1F. The Kier molecular flexibility index (Phi) is 2.99. The van der Waals surface area contributed by atoms with E-state index in [1.807, 2.05) is 24.3 Å². The topological polar surface area (TPSA) is 29.5 Å². The molecule has 2 aromatic carbocycles. The molecule has 98 valence electrons. The summed E-state index contributed by atoms with van der Waals surface area (Å²) in [6, 6.07) is 12.5. The maximum absolute atomic E-state index is 13.6. The molecule has 2 aromatic rings. The van der Waals surface area contributed by atoms with Gasteiger partial charge in [-0.05, 0) is 30.2 Å². The predicted octanol–water partition coefficient (Wildman–Crippen LogP) is 3.34. The number of para-hydroxylation sites is 1. The van der Waals surface area contributed by atoms with E-state index in [1.54, 1.807) is 19.1 Å². The molecule has 2 nitrogen and oxygen atoms in total. The third-order valence-electron chi connectivity index (χ3n) is 3.66. The van der Waals surface area contributed by atoms with Crippen LogP contribution in [0.1, 0.15) is 28.7 Å². The van der Waals surface area contributed by atoms with Crippen molar-refractivity contribution in [1.82, 2.24) is 0 Å². The van der Waals surface area contributed by atoms with Crippen LogP contribution in [0.25, 0.3) is 0 Å². The number of rotatable bonds is 2. The van der Waals surface area contributed by atoms with Crippen molar-refractivity contribution in [3.8, 4) is 5.75 Å². The molecule has 0 aromatic heterocycles. The molecule has 0 bridgehead atoms. The Hall–Kier alpha value is -1.87. The van der Waals surface area contributed by atoms with E-state index in [-0.39, 0.29) is 11.7 Å². The zero-order chi connectivity index (χ0) is 13.4. The molecule has 3 rings (SSSR count). The molecule has 1 aliphatic heterocycles. The molecule has 2 atom stereocenters. The van der Waals surface area contributed by atoms with Crippen molar-refractivity contribution < 1.29 is 14.2 Å². The average Bonchev–Trinajstić information content (AvgIpc) is 2.85. The van der Waals surface area contributed by atoms with E-state index in [0.29, 0.717) is 17.7 Å². The fraction of sp³-hybridized carbons (Fsp3) is 0.250. The highest BCUT2D eigenvalue weighted by Crippen LogP contribution is 2.41. The molecule has 0 fully saturated rings. The highest BCUT2D eigenvalue weighted by Gasteiger charge is 2.31. The molecular weight excluding hydrogens is 243 g/mol. The van der Waals surface area contributed by atoms with Gasteiger partial charge in [0.05, 0.1) is 18.6 Å². The number of aliphatic hydroxyl groups excluding tert-OH is 1. The van der Waals surface area contributed by atoms with E-state index in [1.165, 1.54) is 6.07 Å². The van der Waals surface area contributed by atoms with Gasteiger partial charge in [0.2, 0.25) is 0 Å². The lowest BCUT2D eigenvalue weighted by molar-refractivity contribution is 0.130. The molecule has 3 heteroatoms. The third kappa shape index (κ3) is 2.10. The van der Waals surface area contributed by atoms with Crippen LogP contribution in [0.3, 0.4) is 0 Å². The molecular formula is C16H15FO2. The van der Waals surface area contributed by atoms with Gasteiger partial charge in [-0.3, -0.25) is 0 Å². The Morgan fingerprint density at radius 3 is 2.84 bits per heavy atom. The third-order valence-corrected chi connectivity index (χ3v) is 3.66. The van der Waals surface area contributed by atoms with Gasteiger partial charge in [-0.25, -0.2) is 4.39 Å². The van der Waals surface area contributed by atoms with Crippen LogP contribution in [0.5, 0.6) is 5.75 Å². The van der Waals surface area contributed by atoms with E-state index in [2.05, 4.69) is 0 Å². The average molecular weight is 258 g/mol. The van der Waals surface area contributed by atoms with Crippen LogP contribution in [0.15, 0.2) is 42.5 Å². The quantitative estimate of drug-likeness (QED) is 0.895. The fourth-order valence-electron chi connectivity index (χ4n) is 2.47. The minimum absolute atomic E-state index is 0.140. The van der Waals surface area contributed by atoms with Crippen molar-refractivity contribution in [3.05, 3.63) is 65.0 Å². The highest BCUT2D eigenvalue weighted by atomic mass is 19.1. The van der Waals surface area contributed by atoms with E-state index < -0.39 is 6.10 Å². The first-order valence-electron chi connectivity index (χ1n) is 6.32. The second-order valence-electron chi connectivity index (χ2n) is 4.91. The number of halogens is 1. The minimum atomic E-state index is -0.751. The van der Waals surface area contributed by atoms with Crippen molar-refractivity contribution in [1.29, 1.82) is 0 Å². The van der Waals surface area contributed by atoms with Gasteiger partial charge in [-0.1, -0.05) is 30.3 Å². The van der Waals surface area contributed by atoms with Gasteiger partial charge in [-0.2, -0.15) is 0 Å². The van der Waals surface area contributed by atoms with Crippen LogP contribution in [0, 0.1) is 12.7 Å². The zero-order valence-corrected chi connectivity index (χ0v) is 10.6. The van der Waals surface area contributed by atoms with E-state index in [9.17, 15) is 9.50 Å². The first-order chi connectivity index (χ1) is 9.16. The smallest absolute Gasteiger partial charge is 0.126 e. The van der Waals surface area contributed by atoms with Gasteiger partial charge in [0.1, 0.15) is 11.6 Å². The second-order valence-corrected chi connectivity index (χ2v) is 4.91. The lowest BCUT2D eigenvalue weighted by Gasteiger charge is -2.18. The molecule has 1 aliphatic rings. The number of ether oxygens (including phenoxy) is 1. The number of hydrogen-bond acceptors (Lipinski definition) is 2. The van der Waals surface area contributed by atoms with Gasteiger partial charge in [0.25, 0.3) is 0 Å². The van der Waals surface area contributed by atoms with Gasteiger partial charge >= 0.3 is 0 Å². The Labute approximate surface area is 111 Å². The number of hydrogen-bond donors (Lipinski definition) is 1. The monoisotopic (exact) mass is 258 g/mol. The van der Waals surface area contributed by atoms with Crippen LogP contribution in [-0.2, 0) is 0 Å². The summed E-state index contributed by atoms with van der Waals surface area (Å²) >= 11 is 0. The standard InChI is InChI=1S/C16H15FO2/c1-10-6-7-11(8-14(10)17)16(18)13-9-19-15-5-3-2-4-12(13)15/h2-8,13,16,18H,9H2,1H3. The molecule has 0 spiro atoms. The summed E-state index contributed by atoms with van der Waals surface area (Å²) in [7, 11) is 0. The van der Waals surface area contributed by atoms with E-state index >= 15 is 0 Å². The summed E-state index contributed by atoms with van der Waals surface area (Å²) in [5.41, 5.74) is 2.16. The summed E-state index contributed by atoms with van der Waals surface area (Å²) in [6.07, 6.45) is -0.751. The van der Waals surface area contributed by atoms with Crippen LogP contribution < -0.4 is 4.74 Å². The summed E-state index contributed by atoms with van der Waals surface area (Å²) in [5.74, 6) is 0.376. The summed E-state index contributed by atoms with van der Waals surface area (Å²) < 4.78 is 19.1. The normalized spacial score (nSPS) is 18.8. The molecule has 0 radical (unpaired) electrons. The first kappa shape index (κ1) is 12.2. The maximum Gasteiger partial charge on any atom is 0.126 e. The summed E-state index contributed by atoms with van der Waals surface area (Å²) in [5, 5.41) is 10.4. The Morgan fingerprint density at radius 2 is 2.05 bits per heavy atom. The lowest BCUT2D eigenvalue weighted by Crippen LogP contribution is -2.12. The van der Waals surface area contributed by atoms with Crippen LogP contribution in [0.2, 0.25) is 0 Å². The first-order valence-corrected chi connectivity index (χ1v) is 6.32. The fourth-order valence-corrected chi connectivity index (χ4v) is 2.47. The molecule has 2 unspecified atom stereocenters. The minimum Gasteiger partial charge on any atom is -0.493 e. The molecule has 0 saturated heterocycles. The van der Waals surface area contributed by atoms with E-state index in [4.69, 9.17) is 4.74 Å². The lowest BCUT2D eigenvalue weighted by atomic mass is 9.90. The number of aryl methyl sites for hydroxylation is 1. The van der Waals surface area contributed by atoms with Crippen molar-refractivity contribution in [2.75, 3.05) is 6.61 Å². The molecule has 0 saturated carbocycles. The van der Waals surface area contributed by atoms with Crippen molar-refractivity contribution in [2.24, 2.45) is 0 Å². The molecule has 0 amide bonds. The van der Waals surface area contributed by atoms with Gasteiger partial charge in [0.15, 0.2) is 0 Å². The van der Waals surface area contributed by atoms with Crippen LogP contribution >= 0.6 is 0 Å². The Morgan fingerprint density at radius 1 is 1.26 bits per heavy atom. The van der Waals surface area contributed by atoms with Crippen LogP contribution in [0.4, 0.5) is 4.39 Å². The molecule has 0 aliphatic carbocycles.